The van der Waals surface area contributed by atoms with Crippen LogP contribution in [-0.4, -0.2) is 56.1 Å². The molecule has 1 aliphatic heterocycles. The molecule has 0 aliphatic carbocycles. The lowest BCUT2D eigenvalue weighted by molar-refractivity contribution is -0.127. The average Bonchev–Trinajstić information content (AvgIpc) is 2.72. The first-order valence-corrected chi connectivity index (χ1v) is 9.56. The monoisotopic (exact) mass is 380 g/mol. The summed E-state index contributed by atoms with van der Waals surface area (Å²) >= 11 is 0. The zero-order valence-electron chi connectivity index (χ0n) is 16.9. The highest BCUT2D eigenvalue weighted by Crippen LogP contribution is 2.28. The first-order valence-electron chi connectivity index (χ1n) is 9.56. The van der Waals surface area contributed by atoms with E-state index in [-0.39, 0.29) is 5.91 Å². The molecule has 1 aliphatic rings. The van der Waals surface area contributed by atoms with Gasteiger partial charge in [-0.1, -0.05) is 35.9 Å². The summed E-state index contributed by atoms with van der Waals surface area (Å²) in [5, 5.41) is 0. The third kappa shape index (κ3) is 5.14. The van der Waals surface area contributed by atoms with Crippen molar-refractivity contribution in [3.05, 3.63) is 65.2 Å². The van der Waals surface area contributed by atoms with Crippen LogP contribution in [0.1, 0.15) is 16.7 Å². The maximum absolute atomic E-state index is 12.5. The Morgan fingerprint density at radius 2 is 1.75 bits per heavy atom. The third-order valence-electron chi connectivity index (χ3n) is 5.00. The molecule has 1 saturated heterocycles. The highest BCUT2D eigenvalue weighted by Gasteiger charge is 2.19. The molecule has 1 heterocycles. The summed E-state index contributed by atoms with van der Waals surface area (Å²) in [7, 11) is 3.21. The highest BCUT2D eigenvalue weighted by atomic mass is 16.5. The molecule has 0 radical (unpaired) electrons. The molecule has 0 bridgehead atoms. The van der Waals surface area contributed by atoms with Crippen LogP contribution < -0.4 is 9.47 Å². The fourth-order valence-electron chi connectivity index (χ4n) is 3.42. The molecule has 2 aromatic carbocycles. The first kappa shape index (κ1) is 20.0. The van der Waals surface area contributed by atoms with Gasteiger partial charge in [0.05, 0.1) is 14.2 Å². The van der Waals surface area contributed by atoms with Gasteiger partial charge in [-0.2, -0.15) is 0 Å². The molecule has 1 fully saturated rings. The third-order valence-corrected chi connectivity index (χ3v) is 5.00. The lowest BCUT2D eigenvalue weighted by Gasteiger charge is -2.34. The number of hydrogen-bond acceptors (Lipinski definition) is 4. The molecule has 2 aromatic rings. The van der Waals surface area contributed by atoms with Gasteiger partial charge >= 0.3 is 0 Å². The molecule has 3 rings (SSSR count). The largest absolute Gasteiger partial charge is 0.493 e. The molecule has 0 aromatic heterocycles. The van der Waals surface area contributed by atoms with Crippen molar-refractivity contribution in [3.8, 4) is 11.5 Å². The lowest BCUT2D eigenvalue weighted by atomic mass is 10.1. The molecule has 0 N–H and O–H groups in total. The fraction of sp³-hybridized carbons (Fsp3) is 0.348. The molecule has 5 nitrogen and oxygen atoms in total. The lowest BCUT2D eigenvalue weighted by Crippen LogP contribution is -2.47. The van der Waals surface area contributed by atoms with Gasteiger partial charge < -0.3 is 14.4 Å². The van der Waals surface area contributed by atoms with Crippen LogP contribution in [0.4, 0.5) is 0 Å². The molecule has 0 atom stereocenters. The maximum atomic E-state index is 12.5. The number of hydrogen-bond donors (Lipinski definition) is 0. The second-order valence-electron chi connectivity index (χ2n) is 7.04. The van der Waals surface area contributed by atoms with Crippen LogP contribution >= 0.6 is 0 Å². The standard InChI is InChI=1S/C23H28N2O3/c1-18-5-4-6-20(15-18)17-24-11-13-25(14-12-24)23(26)10-8-19-7-9-21(27-2)22(16-19)28-3/h4-10,15-16H,11-14,17H2,1-3H3/b10-8+. The number of rotatable bonds is 6. The molecule has 0 saturated carbocycles. The van der Waals surface area contributed by atoms with E-state index in [9.17, 15) is 4.79 Å². The second-order valence-corrected chi connectivity index (χ2v) is 7.04. The van der Waals surface area contributed by atoms with E-state index in [0.717, 1.165) is 38.3 Å². The summed E-state index contributed by atoms with van der Waals surface area (Å²) in [6.45, 7) is 6.34. The van der Waals surface area contributed by atoms with Crippen molar-refractivity contribution in [3.63, 3.8) is 0 Å². The number of benzene rings is 2. The Labute approximate surface area is 167 Å². The number of nitrogens with zero attached hydrogens (tertiary/aromatic N) is 2. The number of carbonyl (C=O) groups is 1. The van der Waals surface area contributed by atoms with E-state index in [2.05, 4.69) is 36.1 Å². The maximum Gasteiger partial charge on any atom is 0.246 e. The Bertz CT molecular complexity index is 839. The fourth-order valence-corrected chi connectivity index (χ4v) is 3.42. The zero-order chi connectivity index (χ0) is 19.9. The Balaban J connectivity index is 1.53. The molecular formula is C23H28N2O3. The van der Waals surface area contributed by atoms with E-state index < -0.39 is 0 Å². The van der Waals surface area contributed by atoms with Crippen LogP contribution in [0.15, 0.2) is 48.5 Å². The molecule has 1 amide bonds. The van der Waals surface area contributed by atoms with Crippen molar-refractivity contribution in [1.82, 2.24) is 9.80 Å². The Morgan fingerprint density at radius 3 is 2.43 bits per heavy atom. The van der Waals surface area contributed by atoms with E-state index >= 15 is 0 Å². The Hall–Kier alpha value is -2.79. The van der Waals surface area contributed by atoms with Crippen LogP contribution in [0.5, 0.6) is 11.5 Å². The van der Waals surface area contributed by atoms with Gasteiger partial charge in [0.25, 0.3) is 0 Å². The van der Waals surface area contributed by atoms with E-state index in [0.29, 0.717) is 11.5 Å². The molecule has 5 heteroatoms. The van der Waals surface area contributed by atoms with Crippen molar-refractivity contribution < 1.29 is 14.3 Å². The van der Waals surface area contributed by atoms with Gasteiger partial charge in [0.2, 0.25) is 5.91 Å². The van der Waals surface area contributed by atoms with Crippen LogP contribution in [-0.2, 0) is 11.3 Å². The van der Waals surface area contributed by atoms with Gasteiger partial charge in [-0.25, -0.2) is 0 Å². The summed E-state index contributed by atoms with van der Waals surface area (Å²) in [5.74, 6) is 1.38. The summed E-state index contributed by atoms with van der Waals surface area (Å²) < 4.78 is 10.6. The number of aryl methyl sites for hydroxylation is 1. The summed E-state index contributed by atoms with van der Waals surface area (Å²) in [6, 6.07) is 14.2. The van der Waals surface area contributed by atoms with Crippen LogP contribution in [0.2, 0.25) is 0 Å². The highest BCUT2D eigenvalue weighted by molar-refractivity contribution is 5.92. The van der Waals surface area contributed by atoms with Gasteiger partial charge in [0, 0.05) is 38.8 Å². The minimum atomic E-state index is 0.0463. The minimum Gasteiger partial charge on any atom is -0.493 e. The van der Waals surface area contributed by atoms with Gasteiger partial charge in [-0.3, -0.25) is 9.69 Å². The van der Waals surface area contributed by atoms with Crippen molar-refractivity contribution in [1.29, 1.82) is 0 Å². The van der Waals surface area contributed by atoms with Crippen molar-refractivity contribution in [2.45, 2.75) is 13.5 Å². The van der Waals surface area contributed by atoms with Crippen molar-refractivity contribution in [2.24, 2.45) is 0 Å². The number of carbonyl (C=O) groups excluding carboxylic acids is 1. The predicted octanol–water partition coefficient (Wildman–Crippen LogP) is 3.37. The van der Waals surface area contributed by atoms with Crippen LogP contribution in [0.3, 0.4) is 0 Å². The Morgan fingerprint density at radius 1 is 1.00 bits per heavy atom. The van der Waals surface area contributed by atoms with Crippen LogP contribution in [0.25, 0.3) is 6.08 Å². The predicted molar refractivity (Wildman–Crippen MR) is 112 cm³/mol. The summed E-state index contributed by atoms with van der Waals surface area (Å²) in [5.41, 5.74) is 3.52. The number of amides is 1. The molecule has 0 spiro atoms. The zero-order valence-corrected chi connectivity index (χ0v) is 16.9. The molecule has 148 valence electrons. The topological polar surface area (TPSA) is 42.0 Å². The first-order chi connectivity index (χ1) is 13.6. The smallest absolute Gasteiger partial charge is 0.246 e. The molecular weight excluding hydrogens is 352 g/mol. The van der Waals surface area contributed by atoms with Crippen LogP contribution in [0, 0.1) is 6.92 Å². The van der Waals surface area contributed by atoms with E-state index in [1.165, 1.54) is 11.1 Å². The van der Waals surface area contributed by atoms with E-state index in [1.807, 2.05) is 29.2 Å². The van der Waals surface area contributed by atoms with Gasteiger partial charge in [-0.15, -0.1) is 0 Å². The number of ether oxygens (including phenoxy) is 2. The minimum absolute atomic E-state index is 0.0463. The summed E-state index contributed by atoms with van der Waals surface area (Å²) in [6.07, 6.45) is 3.46. The number of piperazine rings is 1. The molecule has 28 heavy (non-hydrogen) atoms. The molecule has 0 unspecified atom stereocenters. The van der Waals surface area contributed by atoms with Gasteiger partial charge in [0.15, 0.2) is 11.5 Å². The number of methoxy groups -OCH3 is 2. The van der Waals surface area contributed by atoms with E-state index in [1.54, 1.807) is 20.3 Å². The SMILES string of the molecule is COc1ccc(/C=C/C(=O)N2CCN(Cc3cccc(C)c3)CC2)cc1OC. The van der Waals surface area contributed by atoms with Crippen molar-refractivity contribution in [2.75, 3.05) is 40.4 Å². The van der Waals surface area contributed by atoms with E-state index in [4.69, 9.17) is 9.47 Å². The van der Waals surface area contributed by atoms with Gasteiger partial charge in [0.1, 0.15) is 0 Å². The average molecular weight is 380 g/mol. The van der Waals surface area contributed by atoms with Crippen molar-refractivity contribution >= 4 is 12.0 Å². The normalized spacial score (nSPS) is 15.0. The van der Waals surface area contributed by atoms with Gasteiger partial charge in [-0.05, 0) is 36.3 Å². The second kappa shape index (κ2) is 9.42. The quantitative estimate of drug-likeness (QED) is 0.721. The summed E-state index contributed by atoms with van der Waals surface area (Å²) in [4.78, 5) is 16.8. The Kier molecular flexibility index (Phi) is 6.71.